The highest BCUT2D eigenvalue weighted by Crippen LogP contribution is 2.23. The number of hydrogen-bond acceptors (Lipinski definition) is 5. The fourth-order valence-corrected chi connectivity index (χ4v) is 2.85. The minimum absolute atomic E-state index is 0.507. The summed E-state index contributed by atoms with van der Waals surface area (Å²) >= 11 is 6.13. The van der Waals surface area contributed by atoms with Gasteiger partial charge < -0.3 is 10.6 Å². The summed E-state index contributed by atoms with van der Waals surface area (Å²) in [6.45, 7) is 6.86. The van der Waals surface area contributed by atoms with Gasteiger partial charge in [0.25, 0.3) is 0 Å². The van der Waals surface area contributed by atoms with Crippen molar-refractivity contribution in [1.29, 1.82) is 0 Å². The first-order valence-corrected chi connectivity index (χ1v) is 7.28. The maximum Gasteiger partial charge on any atom is 0.150 e. The van der Waals surface area contributed by atoms with E-state index in [-0.39, 0.29) is 0 Å². The average molecular weight is 284 g/mol. The van der Waals surface area contributed by atoms with Crippen LogP contribution in [0.4, 0.5) is 5.82 Å². The largest absolute Gasteiger partial charge is 0.353 e. The molecule has 5 nitrogen and oxygen atoms in total. The van der Waals surface area contributed by atoms with Gasteiger partial charge in [0.05, 0.1) is 6.20 Å². The zero-order chi connectivity index (χ0) is 13.7. The van der Waals surface area contributed by atoms with E-state index in [2.05, 4.69) is 26.7 Å². The van der Waals surface area contributed by atoms with Crippen molar-refractivity contribution in [3.63, 3.8) is 0 Å². The summed E-state index contributed by atoms with van der Waals surface area (Å²) in [6, 6.07) is 0.507. The summed E-state index contributed by atoms with van der Waals surface area (Å²) in [5, 5.41) is 0.625. The Morgan fingerprint density at radius 1 is 1.37 bits per heavy atom. The van der Waals surface area contributed by atoms with Crippen LogP contribution in [0.1, 0.15) is 19.8 Å². The number of rotatable bonds is 5. The van der Waals surface area contributed by atoms with E-state index < -0.39 is 0 Å². The van der Waals surface area contributed by atoms with Crippen molar-refractivity contribution in [1.82, 2.24) is 14.9 Å². The van der Waals surface area contributed by atoms with Gasteiger partial charge in [-0.05, 0) is 6.42 Å². The lowest BCUT2D eigenvalue weighted by Gasteiger charge is -2.39. The van der Waals surface area contributed by atoms with Crippen molar-refractivity contribution in [2.75, 3.05) is 37.6 Å². The third-order valence-electron chi connectivity index (χ3n) is 3.67. The lowest BCUT2D eigenvalue weighted by molar-refractivity contribution is 0.179. The maximum absolute atomic E-state index is 6.13. The highest BCUT2D eigenvalue weighted by atomic mass is 35.5. The predicted molar refractivity (Wildman–Crippen MR) is 78.6 cm³/mol. The molecule has 1 aromatic rings. The molecule has 2 rings (SSSR count). The Hall–Kier alpha value is -0.910. The summed E-state index contributed by atoms with van der Waals surface area (Å²) in [5.74, 6) is 0.844. The monoisotopic (exact) mass is 283 g/mol. The molecular weight excluding hydrogens is 262 g/mol. The molecule has 0 bridgehead atoms. The number of nitrogens with zero attached hydrogens (tertiary/aromatic N) is 4. The molecule has 0 aliphatic carbocycles. The van der Waals surface area contributed by atoms with E-state index in [1.807, 2.05) is 0 Å². The Balaban J connectivity index is 1.94. The molecular formula is C13H22ClN5. The van der Waals surface area contributed by atoms with E-state index in [0.29, 0.717) is 11.1 Å². The maximum atomic E-state index is 6.13. The molecule has 1 aromatic heterocycles. The number of halogens is 1. The first kappa shape index (κ1) is 14.5. The Kier molecular flexibility index (Phi) is 5.36. The van der Waals surface area contributed by atoms with Crippen LogP contribution in [0.2, 0.25) is 5.02 Å². The number of nitrogens with two attached hydrogens (primary N) is 1. The molecule has 2 heterocycles. The lowest BCUT2D eigenvalue weighted by Crippen LogP contribution is -2.52. The molecule has 0 spiro atoms. The average Bonchev–Trinajstić information content (AvgIpc) is 2.46. The number of hydrogen-bond donors (Lipinski definition) is 1. The summed E-state index contributed by atoms with van der Waals surface area (Å²) in [5.41, 5.74) is 5.86. The van der Waals surface area contributed by atoms with Gasteiger partial charge in [-0.1, -0.05) is 24.9 Å². The molecule has 1 atom stereocenters. The van der Waals surface area contributed by atoms with Crippen molar-refractivity contribution in [2.45, 2.75) is 25.8 Å². The van der Waals surface area contributed by atoms with Crippen molar-refractivity contribution < 1.29 is 0 Å². The molecule has 0 amide bonds. The van der Waals surface area contributed by atoms with E-state index in [0.717, 1.165) is 38.5 Å². The van der Waals surface area contributed by atoms with Crippen molar-refractivity contribution in [3.8, 4) is 0 Å². The standard InChI is InChI=1S/C13H22ClN5/c1-2-3-11(8-15)18-4-6-19(7-5-18)13-12(14)9-16-10-17-13/h9-11H,2-8,15H2,1H3. The molecule has 2 N–H and O–H groups in total. The fraction of sp³-hybridized carbons (Fsp3) is 0.692. The van der Waals surface area contributed by atoms with Gasteiger partial charge in [-0.2, -0.15) is 0 Å². The van der Waals surface area contributed by atoms with Crippen molar-refractivity contribution >= 4 is 17.4 Å². The van der Waals surface area contributed by atoms with Crippen LogP contribution in [-0.2, 0) is 0 Å². The van der Waals surface area contributed by atoms with Crippen molar-refractivity contribution in [3.05, 3.63) is 17.5 Å². The van der Waals surface area contributed by atoms with E-state index >= 15 is 0 Å². The van der Waals surface area contributed by atoms with E-state index in [1.54, 1.807) is 12.5 Å². The molecule has 19 heavy (non-hydrogen) atoms. The van der Waals surface area contributed by atoms with Crippen LogP contribution < -0.4 is 10.6 Å². The second-order valence-corrected chi connectivity index (χ2v) is 5.30. The Labute approximate surface area is 119 Å². The highest BCUT2D eigenvalue weighted by Gasteiger charge is 2.24. The Bertz CT molecular complexity index is 392. The molecule has 1 aliphatic rings. The lowest BCUT2D eigenvalue weighted by atomic mass is 10.1. The number of piperazine rings is 1. The zero-order valence-corrected chi connectivity index (χ0v) is 12.2. The molecule has 0 saturated carbocycles. The quantitative estimate of drug-likeness (QED) is 0.885. The van der Waals surface area contributed by atoms with E-state index in [1.165, 1.54) is 12.8 Å². The molecule has 0 aromatic carbocycles. The Morgan fingerprint density at radius 2 is 2.11 bits per heavy atom. The van der Waals surface area contributed by atoms with Gasteiger partial charge in [-0.15, -0.1) is 0 Å². The third kappa shape index (κ3) is 3.55. The first-order valence-electron chi connectivity index (χ1n) is 6.90. The first-order chi connectivity index (χ1) is 9.26. The molecule has 6 heteroatoms. The molecule has 1 unspecified atom stereocenters. The van der Waals surface area contributed by atoms with Crippen LogP contribution in [0.5, 0.6) is 0 Å². The number of anilines is 1. The fourth-order valence-electron chi connectivity index (χ4n) is 2.62. The van der Waals surface area contributed by atoms with Crippen molar-refractivity contribution in [2.24, 2.45) is 5.73 Å². The minimum Gasteiger partial charge on any atom is -0.353 e. The summed E-state index contributed by atoms with van der Waals surface area (Å²) in [4.78, 5) is 12.9. The van der Waals surface area contributed by atoms with Gasteiger partial charge in [0.15, 0.2) is 5.82 Å². The molecule has 106 valence electrons. The normalized spacial score (nSPS) is 18.6. The van der Waals surface area contributed by atoms with Gasteiger partial charge in [0, 0.05) is 38.8 Å². The summed E-state index contributed by atoms with van der Waals surface area (Å²) in [7, 11) is 0. The number of aromatic nitrogens is 2. The van der Waals surface area contributed by atoms with Crippen LogP contribution in [-0.4, -0.2) is 53.6 Å². The van der Waals surface area contributed by atoms with Crippen LogP contribution >= 0.6 is 11.6 Å². The zero-order valence-electron chi connectivity index (χ0n) is 11.4. The SMILES string of the molecule is CCCC(CN)N1CCN(c2ncncc2Cl)CC1. The molecule has 1 aliphatic heterocycles. The van der Waals surface area contributed by atoms with E-state index in [9.17, 15) is 0 Å². The van der Waals surface area contributed by atoms with Gasteiger partial charge in [0.1, 0.15) is 11.3 Å². The highest BCUT2D eigenvalue weighted by molar-refractivity contribution is 6.32. The van der Waals surface area contributed by atoms with Gasteiger partial charge in [0.2, 0.25) is 0 Å². The predicted octanol–water partition coefficient (Wildman–Crippen LogP) is 1.38. The van der Waals surface area contributed by atoms with Crippen LogP contribution in [0.25, 0.3) is 0 Å². The van der Waals surface area contributed by atoms with Crippen LogP contribution in [0.3, 0.4) is 0 Å². The summed E-state index contributed by atoms with van der Waals surface area (Å²) < 4.78 is 0. The van der Waals surface area contributed by atoms with E-state index in [4.69, 9.17) is 17.3 Å². The second kappa shape index (κ2) is 7.03. The summed E-state index contributed by atoms with van der Waals surface area (Å²) in [6.07, 6.45) is 5.55. The van der Waals surface area contributed by atoms with Gasteiger partial charge >= 0.3 is 0 Å². The third-order valence-corrected chi connectivity index (χ3v) is 3.94. The Morgan fingerprint density at radius 3 is 2.68 bits per heavy atom. The molecule has 1 fully saturated rings. The molecule has 0 radical (unpaired) electrons. The molecule has 1 saturated heterocycles. The topological polar surface area (TPSA) is 58.3 Å². The smallest absolute Gasteiger partial charge is 0.150 e. The second-order valence-electron chi connectivity index (χ2n) is 4.90. The van der Waals surface area contributed by atoms with Crippen LogP contribution in [0.15, 0.2) is 12.5 Å². The van der Waals surface area contributed by atoms with Gasteiger partial charge in [-0.3, -0.25) is 4.90 Å². The van der Waals surface area contributed by atoms with Gasteiger partial charge in [-0.25, -0.2) is 9.97 Å². The minimum atomic E-state index is 0.507. The van der Waals surface area contributed by atoms with Crippen LogP contribution in [0, 0.1) is 0 Å².